The van der Waals surface area contributed by atoms with E-state index in [1.165, 1.54) is 30.6 Å². The van der Waals surface area contributed by atoms with Crippen molar-refractivity contribution in [3.8, 4) is 0 Å². The molecule has 1 aliphatic heterocycles. The maximum Gasteiger partial charge on any atom is 0.0320 e. The molecule has 2 rings (SSSR count). The lowest BCUT2D eigenvalue weighted by Gasteiger charge is -2.25. The molecular formula is C17H29ClN2. The highest BCUT2D eigenvalue weighted by Crippen LogP contribution is 2.28. The van der Waals surface area contributed by atoms with Crippen molar-refractivity contribution in [3.05, 3.63) is 35.4 Å². The number of hydrogen-bond donors (Lipinski definition) is 1. The molecule has 1 aromatic carbocycles. The van der Waals surface area contributed by atoms with Crippen molar-refractivity contribution in [1.29, 1.82) is 0 Å². The van der Waals surface area contributed by atoms with Gasteiger partial charge in [0.15, 0.2) is 0 Å². The van der Waals surface area contributed by atoms with Crippen LogP contribution in [0.3, 0.4) is 0 Å². The van der Waals surface area contributed by atoms with Crippen molar-refractivity contribution in [1.82, 2.24) is 10.2 Å². The van der Waals surface area contributed by atoms with Crippen LogP contribution in [0.4, 0.5) is 0 Å². The fraction of sp³-hybridized carbons (Fsp3) is 0.647. The Morgan fingerprint density at radius 2 is 1.75 bits per heavy atom. The summed E-state index contributed by atoms with van der Waals surface area (Å²) in [6, 6.07) is 9.75. The van der Waals surface area contributed by atoms with Crippen LogP contribution in [0.15, 0.2) is 24.3 Å². The highest BCUT2D eigenvalue weighted by atomic mass is 35.5. The maximum atomic E-state index is 3.30. The monoisotopic (exact) mass is 296 g/mol. The highest BCUT2D eigenvalue weighted by molar-refractivity contribution is 5.85. The van der Waals surface area contributed by atoms with Crippen LogP contribution >= 0.6 is 12.4 Å². The summed E-state index contributed by atoms with van der Waals surface area (Å²) in [6.45, 7) is 10.5. The fourth-order valence-electron chi connectivity index (χ4n) is 3.04. The van der Waals surface area contributed by atoms with Gasteiger partial charge in [0.25, 0.3) is 0 Å². The van der Waals surface area contributed by atoms with Gasteiger partial charge in [-0.05, 0) is 56.4 Å². The van der Waals surface area contributed by atoms with E-state index in [1.54, 1.807) is 0 Å². The predicted octanol–water partition coefficient (Wildman–Crippen LogP) is 3.83. The molecule has 1 aromatic rings. The van der Waals surface area contributed by atoms with Crippen molar-refractivity contribution in [2.24, 2.45) is 5.92 Å². The number of nitrogens with one attached hydrogen (secondary N) is 1. The number of likely N-dealkylation sites (tertiary alicyclic amines) is 1. The lowest BCUT2D eigenvalue weighted by Crippen LogP contribution is -2.27. The first-order valence-electron chi connectivity index (χ1n) is 7.60. The smallest absolute Gasteiger partial charge is 0.0320 e. The first-order chi connectivity index (χ1) is 9.11. The van der Waals surface area contributed by atoms with Crippen molar-refractivity contribution in [2.75, 3.05) is 26.7 Å². The Labute approximate surface area is 130 Å². The molecule has 1 fully saturated rings. The molecule has 0 radical (unpaired) electrons. The quantitative estimate of drug-likeness (QED) is 0.888. The van der Waals surface area contributed by atoms with Crippen LogP contribution in [-0.4, -0.2) is 31.6 Å². The summed E-state index contributed by atoms with van der Waals surface area (Å²) in [4.78, 5) is 2.62. The van der Waals surface area contributed by atoms with E-state index >= 15 is 0 Å². The first-order valence-corrected chi connectivity index (χ1v) is 7.60. The molecule has 0 aliphatic carbocycles. The van der Waals surface area contributed by atoms with E-state index in [4.69, 9.17) is 0 Å². The van der Waals surface area contributed by atoms with Gasteiger partial charge in [-0.3, -0.25) is 4.90 Å². The van der Waals surface area contributed by atoms with Crippen LogP contribution in [0.1, 0.15) is 50.3 Å². The van der Waals surface area contributed by atoms with Crippen LogP contribution in [0.5, 0.6) is 0 Å². The molecule has 1 saturated heterocycles. The van der Waals surface area contributed by atoms with Crippen LogP contribution in [0, 0.1) is 5.92 Å². The van der Waals surface area contributed by atoms with E-state index in [2.05, 4.69) is 62.3 Å². The Kier molecular flexibility index (Phi) is 7.01. The number of nitrogens with zero attached hydrogens (tertiary/aromatic N) is 1. The molecule has 114 valence electrons. The summed E-state index contributed by atoms with van der Waals surface area (Å²) in [6.07, 6.45) is 1.33. The summed E-state index contributed by atoms with van der Waals surface area (Å²) in [5, 5.41) is 3.30. The van der Waals surface area contributed by atoms with Gasteiger partial charge in [0, 0.05) is 12.6 Å². The van der Waals surface area contributed by atoms with Crippen LogP contribution in [0.2, 0.25) is 0 Å². The van der Waals surface area contributed by atoms with Gasteiger partial charge in [0.1, 0.15) is 0 Å². The summed E-state index contributed by atoms with van der Waals surface area (Å²) in [5.41, 5.74) is 2.89. The molecule has 0 saturated carbocycles. The lowest BCUT2D eigenvalue weighted by atomic mass is 9.99. The second-order valence-corrected chi connectivity index (χ2v) is 6.20. The second kappa shape index (κ2) is 8.02. The Morgan fingerprint density at radius 3 is 2.30 bits per heavy atom. The van der Waals surface area contributed by atoms with Crippen molar-refractivity contribution in [2.45, 2.75) is 39.2 Å². The molecule has 2 nitrogen and oxygen atoms in total. The van der Waals surface area contributed by atoms with Gasteiger partial charge >= 0.3 is 0 Å². The third-order valence-corrected chi connectivity index (χ3v) is 4.44. The minimum atomic E-state index is 0. The predicted molar refractivity (Wildman–Crippen MR) is 89.8 cm³/mol. The van der Waals surface area contributed by atoms with E-state index < -0.39 is 0 Å². The molecular weight excluding hydrogens is 268 g/mol. The van der Waals surface area contributed by atoms with Crippen LogP contribution in [0.25, 0.3) is 0 Å². The Hall–Kier alpha value is -0.570. The minimum Gasteiger partial charge on any atom is -0.319 e. The molecule has 1 heterocycles. The van der Waals surface area contributed by atoms with E-state index in [0.29, 0.717) is 12.0 Å². The van der Waals surface area contributed by atoms with E-state index in [1.807, 2.05) is 0 Å². The first kappa shape index (κ1) is 17.5. The zero-order valence-corrected chi connectivity index (χ0v) is 14.0. The van der Waals surface area contributed by atoms with Gasteiger partial charge in [-0.2, -0.15) is 0 Å². The molecule has 3 heteroatoms. The average molecular weight is 297 g/mol. The van der Waals surface area contributed by atoms with Crippen molar-refractivity contribution >= 4 is 12.4 Å². The molecule has 0 amide bonds. The second-order valence-electron chi connectivity index (χ2n) is 6.20. The number of benzene rings is 1. The third-order valence-electron chi connectivity index (χ3n) is 4.44. The fourth-order valence-corrected chi connectivity index (χ4v) is 3.04. The summed E-state index contributed by atoms with van der Waals surface area (Å²) in [5.74, 6) is 1.44. The molecule has 1 N–H and O–H groups in total. The van der Waals surface area contributed by atoms with Gasteiger partial charge in [0.2, 0.25) is 0 Å². The summed E-state index contributed by atoms with van der Waals surface area (Å²) in [7, 11) is 2.05. The zero-order valence-electron chi connectivity index (χ0n) is 13.2. The molecule has 1 aliphatic rings. The Balaban J connectivity index is 0.00000200. The summed E-state index contributed by atoms with van der Waals surface area (Å²) >= 11 is 0. The van der Waals surface area contributed by atoms with E-state index in [0.717, 1.165) is 12.5 Å². The molecule has 0 aromatic heterocycles. The van der Waals surface area contributed by atoms with Gasteiger partial charge in [0.05, 0.1) is 0 Å². The number of hydrogen-bond acceptors (Lipinski definition) is 2. The van der Waals surface area contributed by atoms with E-state index in [-0.39, 0.29) is 12.4 Å². The van der Waals surface area contributed by atoms with Gasteiger partial charge in [-0.1, -0.05) is 38.1 Å². The maximum absolute atomic E-state index is 3.30. The Morgan fingerprint density at radius 1 is 1.15 bits per heavy atom. The van der Waals surface area contributed by atoms with Crippen molar-refractivity contribution in [3.63, 3.8) is 0 Å². The summed E-state index contributed by atoms with van der Waals surface area (Å²) < 4.78 is 0. The zero-order chi connectivity index (χ0) is 13.8. The molecule has 2 unspecified atom stereocenters. The van der Waals surface area contributed by atoms with Crippen LogP contribution < -0.4 is 5.32 Å². The molecule has 0 bridgehead atoms. The SMILES string of the molecule is CNCC1CCN(C(C)c2ccc(C(C)C)cc2)C1.Cl. The van der Waals surface area contributed by atoms with Gasteiger partial charge in [-0.25, -0.2) is 0 Å². The normalized spacial score (nSPS) is 20.9. The molecule has 2 atom stereocenters. The average Bonchev–Trinajstić information content (AvgIpc) is 2.87. The standard InChI is InChI=1S/C17H28N2.ClH/c1-13(2)16-5-7-17(8-6-16)14(3)19-10-9-15(12-19)11-18-4;/h5-8,13-15,18H,9-12H2,1-4H3;1H. The number of halogens is 1. The van der Waals surface area contributed by atoms with E-state index in [9.17, 15) is 0 Å². The minimum absolute atomic E-state index is 0. The topological polar surface area (TPSA) is 15.3 Å². The Bertz CT molecular complexity index is 388. The molecule has 20 heavy (non-hydrogen) atoms. The van der Waals surface area contributed by atoms with Gasteiger partial charge < -0.3 is 5.32 Å². The lowest BCUT2D eigenvalue weighted by molar-refractivity contribution is 0.252. The largest absolute Gasteiger partial charge is 0.319 e. The third kappa shape index (κ3) is 4.21. The van der Waals surface area contributed by atoms with Crippen molar-refractivity contribution < 1.29 is 0 Å². The molecule has 0 spiro atoms. The highest BCUT2D eigenvalue weighted by Gasteiger charge is 2.26. The van der Waals surface area contributed by atoms with Gasteiger partial charge in [-0.15, -0.1) is 12.4 Å². The van der Waals surface area contributed by atoms with Crippen LogP contribution in [-0.2, 0) is 0 Å². The number of rotatable bonds is 5.